The van der Waals surface area contributed by atoms with Crippen LogP contribution in [-0.2, 0) is 4.74 Å². The summed E-state index contributed by atoms with van der Waals surface area (Å²) in [6.07, 6.45) is 0.180. The highest BCUT2D eigenvalue weighted by Gasteiger charge is 2.26. The van der Waals surface area contributed by atoms with Gasteiger partial charge in [0.25, 0.3) is 0 Å². The maximum atomic E-state index is 11.9. The molecule has 0 aromatic carbocycles. The highest BCUT2D eigenvalue weighted by Crippen LogP contribution is 2.25. The number of hydrogen-bond acceptors (Lipinski definition) is 5. The van der Waals surface area contributed by atoms with E-state index < -0.39 is 0 Å². The molecule has 0 bridgehead atoms. The molecule has 0 radical (unpaired) electrons. The molecule has 1 N–H and O–H groups in total. The molecule has 0 aliphatic carbocycles. The predicted molar refractivity (Wildman–Crippen MR) is 70.7 cm³/mol. The second kappa shape index (κ2) is 6.50. The van der Waals surface area contributed by atoms with Crippen LogP contribution in [-0.4, -0.2) is 42.2 Å². The van der Waals surface area contributed by atoms with Gasteiger partial charge in [0.15, 0.2) is 0 Å². The van der Waals surface area contributed by atoms with Gasteiger partial charge in [-0.2, -0.15) is 5.26 Å². The van der Waals surface area contributed by atoms with E-state index in [0.29, 0.717) is 32.7 Å². The molecule has 1 fully saturated rings. The van der Waals surface area contributed by atoms with Crippen LogP contribution in [0.5, 0.6) is 0 Å². The average Bonchev–Trinajstić information content (AvgIpc) is 2.86. The van der Waals surface area contributed by atoms with Crippen molar-refractivity contribution >= 4 is 17.4 Å². The molecule has 2 heterocycles. The smallest absolute Gasteiger partial charge is 0.317 e. The van der Waals surface area contributed by atoms with E-state index in [1.807, 2.05) is 18.4 Å². The Bertz CT molecular complexity index is 482. The lowest BCUT2D eigenvalue weighted by atomic mass is 10.3. The fraction of sp³-hybridized carbons (Fsp3) is 0.583. The van der Waals surface area contributed by atoms with Gasteiger partial charge in [0.2, 0.25) is 0 Å². The zero-order chi connectivity index (χ0) is 13.7. The number of carbonyl (C=O) groups excluding carboxylic acids is 1. The SMILES string of the molecule is Cc1csc([C@@H]2CN(C(=O)NCCC#N)CCO2)n1. The van der Waals surface area contributed by atoms with Crippen molar-refractivity contribution in [3.05, 3.63) is 16.1 Å². The standard InChI is InChI=1S/C12H16N4O2S/c1-9-8-19-11(15-9)10-7-16(5-6-18-10)12(17)14-4-2-3-13/h8,10H,2,4-7H2,1H3,(H,14,17)/t10-/m0/s1. The molecule has 1 saturated heterocycles. The first-order chi connectivity index (χ1) is 9.20. The summed E-state index contributed by atoms with van der Waals surface area (Å²) in [5, 5.41) is 14.0. The molecule has 1 atom stereocenters. The summed E-state index contributed by atoms with van der Waals surface area (Å²) < 4.78 is 5.66. The lowest BCUT2D eigenvalue weighted by molar-refractivity contribution is -0.0155. The number of ether oxygens (including phenoxy) is 1. The molecular weight excluding hydrogens is 264 g/mol. The Morgan fingerprint density at radius 1 is 1.79 bits per heavy atom. The number of aryl methyl sites for hydroxylation is 1. The largest absolute Gasteiger partial charge is 0.367 e. The molecule has 1 aromatic rings. The summed E-state index contributed by atoms with van der Waals surface area (Å²) in [6.45, 7) is 3.91. The van der Waals surface area contributed by atoms with Gasteiger partial charge < -0.3 is 15.0 Å². The van der Waals surface area contributed by atoms with Crippen LogP contribution in [0.4, 0.5) is 4.79 Å². The predicted octanol–water partition coefficient (Wildman–Crippen LogP) is 1.45. The molecule has 7 heteroatoms. The monoisotopic (exact) mass is 280 g/mol. The van der Waals surface area contributed by atoms with Crippen molar-refractivity contribution in [1.82, 2.24) is 15.2 Å². The Balaban J connectivity index is 1.90. The second-order valence-corrected chi connectivity index (χ2v) is 5.16. The second-order valence-electron chi connectivity index (χ2n) is 4.27. The highest BCUT2D eigenvalue weighted by atomic mass is 32.1. The van der Waals surface area contributed by atoms with E-state index in [0.717, 1.165) is 10.7 Å². The van der Waals surface area contributed by atoms with Crippen molar-refractivity contribution in [2.75, 3.05) is 26.2 Å². The number of thiazole rings is 1. The maximum absolute atomic E-state index is 11.9. The van der Waals surface area contributed by atoms with Crippen LogP contribution < -0.4 is 5.32 Å². The molecule has 1 aliphatic rings. The van der Waals surface area contributed by atoms with E-state index in [1.54, 1.807) is 16.2 Å². The third kappa shape index (κ3) is 3.66. The van der Waals surface area contributed by atoms with Crippen molar-refractivity contribution in [3.8, 4) is 6.07 Å². The Hall–Kier alpha value is -1.65. The van der Waals surface area contributed by atoms with Crippen molar-refractivity contribution in [3.63, 3.8) is 0 Å². The van der Waals surface area contributed by atoms with Gasteiger partial charge in [-0.05, 0) is 6.92 Å². The molecule has 19 heavy (non-hydrogen) atoms. The third-order valence-electron chi connectivity index (χ3n) is 2.78. The first-order valence-corrected chi connectivity index (χ1v) is 7.02. The summed E-state index contributed by atoms with van der Waals surface area (Å²) >= 11 is 1.55. The van der Waals surface area contributed by atoms with Crippen LogP contribution >= 0.6 is 11.3 Å². The van der Waals surface area contributed by atoms with E-state index >= 15 is 0 Å². The van der Waals surface area contributed by atoms with Gasteiger partial charge in [-0.15, -0.1) is 11.3 Å². The quantitative estimate of drug-likeness (QED) is 0.850. The van der Waals surface area contributed by atoms with Gasteiger partial charge in [0.1, 0.15) is 11.1 Å². The summed E-state index contributed by atoms with van der Waals surface area (Å²) in [5.74, 6) is 0. The van der Waals surface area contributed by atoms with Gasteiger partial charge in [0.05, 0.1) is 25.6 Å². The molecule has 0 saturated carbocycles. The van der Waals surface area contributed by atoms with Crippen LogP contribution in [0.2, 0.25) is 0 Å². The van der Waals surface area contributed by atoms with Crippen molar-refractivity contribution in [1.29, 1.82) is 5.26 Å². The number of nitrogens with zero attached hydrogens (tertiary/aromatic N) is 3. The van der Waals surface area contributed by atoms with Crippen LogP contribution in [0.3, 0.4) is 0 Å². The summed E-state index contributed by atoms with van der Waals surface area (Å²) in [7, 11) is 0. The number of hydrogen-bond donors (Lipinski definition) is 1. The number of rotatable bonds is 3. The number of nitrogens with one attached hydrogen (secondary N) is 1. The van der Waals surface area contributed by atoms with Crippen LogP contribution in [0, 0.1) is 18.3 Å². The van der Waals surface area contributed by atoms with Gasteiger partial charge >= 0.3 is 6.03 Å². The van der Waals surface area contributed by atoms with E-state index in [1.165, 1.54) is 0 Å². The molecule has 6 nitrogen and oxygen atoms in total. The minimum absolute atomic E-state index is 0.142. The average molecular weight is 280 g/mol. The van der Waals surface area contributed by atoms with Crippen molar-refractivity contribution < 1.29 is 9.53 Å². The topological polar surface area (TPSA) is 78.2 Å². The van der Waals surface area contributed by atoms with Gasteiger partial charge in [0, 0.05) is 24.2 Å². The first-order valence-electron chi connectivity index (χ1n) is 6.14. The number of aromatic nitrogens is 1. The fourth-order valence-electron chi connectivity index (χ4n) is 1.84. The number of nitriles is 1. The molecular formula is C12H16N4O2S. The fourth-order valence-corrected chi connectivity index (χ4v) is 2.68. The lowest BCUT2D eigenvalue weighted by Crippen LogP contribution is -2.47. The molecule has 2 amide bonds. The van der Waals surface area contributed by atoms with Crippen LogP contribution in [0.15, 0.2) is 5.38 Å². The Morgan fingerprint density at radius 2 is 2.63 bits per heavy atom. The molecule has 0 spiro atoms. The van der Waals surface area contributed by atoms with E-state index in [2.05, 4.69) is 10.3 Å². The third-order valence-corrected chi connectivity index (χ3v) is 3.83. The maximum Gasteiger partial charge on any atom is 0.317 e. The Kier molecular flexibility index (Phi) is 4.71. The molecule has 102 valence electrons. The molecule has 2 rings (SSSR count). The zero-order valence-corrected chi connectivity index (χ0v) is 11.6. The van der Waals surface area contributed by atoms with E-state index in [9.17, 15) is 4.79 Å². The number of carbonyl (C=O) groups is 1. The minimum Gasteiger partial charge on any atom is -0.367 e. The van der Waals surface area contributed by atoms with Crippen LogP contribution in [0.1, 0.15) is 23.2 Å². The van der Waals surface area contributed by atoms with Crippen molar-refractivity contribution in [2.45, 2.75) is 19.4 Å². The Labute approximate surface area is 116 Å². The normalized spacial score (nSPS) is 18.9. The Morgan fingerprint density at radius 3 is 3.32 bits per heavy atom. The number of morpholine rings is 1. The summed E-state index contributed by atoms with van der Waals surface area (Å²) in [5.41, 5.74) is 0.971. The number of amides is 2. The van der Waals surface area contributed by atoms with Crippen LogP contribution in [0.25, 0.3) is 0 Å². The highest BCUT2D eigenvalue weighted by molar-refractivity contribution is 7.09. The molecule has 1 aliphatic heterocycles. The van der Waals surface area contributed by atoms with Crippen molar-refractivity contribution in [2.24, 2.45) is 0 Å². The zero-order valence-electron chi connectivity index (χ0n) is 10.8. The number of urea groups is 1. The first kappa shape index (κ1) is 13.8. The van der Waals surface area contributed by atoms with E-state index in [4.69, 9.17) is 10.00 Å². The van der Waals surface area contributed by atoms with Gasteiger partial charge in [-0.25, -0.2) is 9.78 Å². The summed E-state index contributed by atoms with van der Waals surface area (Å²) in [4.78, 5) is 18.0. The van der Waals surface area contributed by atoms with Gasteiger partial charge in [-0.1, -0.05) is 0 Å². The summed E-state index contributed by atoms with van der Waals surface area (Å²) in [6, 6.07) is 1.86. The van der Waals surface area contributed by atoms with Gasteiger partial charge in [-0.3, -0.25) is 0 Å². The molecule has 1 aromatic heterocycles. The lowest BCUT2D eigenvalue weighted by Gasteiger charge is -2.31. The van der Waals surface area contributed by atoms with E-state index in [-0.39, 0.29) is 12.1 Å². The minimum atomic E-state index is -0.144. The molecule has 0 unspecified atom stereocenters.